The van der Waals surface area contributed by atoms with Gasteiger partial charge in [-0.3, -0.25) is 4.79 Å². The Bertz CT molecular complexity index is 1250. The molecule has 8 nitrogen and oxygen atoms in total. The van der Waals surface area contributed by atoms with E-state index in [9.17, 15) is 14.4 Å². The molecule has 1 saturated heterocycles. The van der Waals surface area contributed by atoms with Gasteiger partial charge in [-0.2, -0.15) is 0 Å². The molecule has 40 heavy (non-hydrogen) atoms. The van der Waals surface area contributed by atoms with Crippen LogP contribution in [-0.2, 0) is 29.4 Å². The fraction of sp³-hybridized carbons (Fsp3) is 0.469. The first kappa shape index (κ1) is 29.3. The van der Waals surface area contributed by atoms with Crippen LogP contribution in [0.15, 0.2) is 54.6 Å². The SMILES string of the molecule is COC(=O)[C@@H]1C[C@]2(OC)CN1C(=O)[C@H](C(C)(C)C)NC(=O)OCCCCC=Cc1ccccc1-c1ccc2cc1. The number of amides is 2. The Morgan fingerprint density at radius 2 is 1.77 bits per heavy atom. The van der Waals surface area contributed by atoms with Crippen LogP contribution in [0, 0.1) is 5.41 Å². The molecule has 1 fully saturated rings. The first-order chi connectivity index (χ1) is 19.1. The molecule has 0 unspecified atom stereocenters. The predicted molar refractivity (Wildman–Crippen MR) is 153 cm³/mol. The lowest BCUT2D eigenvalue weighted by atomic mass is 9.85. The number of ether oxygens (including phenoxy) is 3. The smallest absolute Gasteiger partial charge is 0.407 e. The van der Waals surface area contributed by atoms with E-state index in [1.165, 1.54) is 12.0 Å². The number of fused-ring (bicyclic) bond motifs is 11. The molecule has 0 radical (unpaired) electrons. The highest BCUT2D eigenvalue weighted by Crippen LogP contribution is 2.41. The first-order valence-corrected chi connectivity index (χ1v) is 13.8. The number of hydrogen-bond acceptors (Lipinski definition) is 6. The summed E-state index contributed by atoms with van der Waals surface area (Å²) in [7, 11) is 2.90. The number of carbonyl (C=O) groups is 3. The van der Waals surface area contributed by atoms with Crippen molar-refractivity contribution in [3.05, 3.63) is 65.7 Å². The molecule has 2 aromatic carbocycles. The van der Waals surface area contributed by atoms with Gasteiger partial charge in [-0.05, 0) is 46.9 Å². The van der Waals surface area contributed by atoms with Crippen molar-refractivity contribution < 1.29 is 28.6 Å². The van der Waals surface area contributed by atoms with Crippen LogP contribution in [0.2, 0.25) is 0 Å². The maximum Gasteiger partial charge on any atom is 0.407 e. The van der Waals surface area contributed by atoms with E-state index < -0.39 is 35.2 Å². The van der Waals surface area contributed by atoms with E-state index in [2.05, 4.69) is 29.6 Å². The number of methoxy groups -OCH3 is 2. The molecule has 214 valence electrons. The van der Waals surface area contributed by atoms with Crippen LogP contribution < -0.4 is 5.32 Å². The largest absolute Gasteiger partial charge is 0.467 e. The average Bonchev–Trinajstić information content (AvgIpc) is 3.35. The Hall–Kier alpha value is -3.65. The standard InChI is InChI=1S/C32H40N2O6/c1-31(2,3)27-28(35)34-21-32(39-5,20-26(34)29(36)38-4)24-17-15-23(16-18-24)25-14-10-9-13-22(25)12-8-6-7-11-19-40-30(37)33-27/h8-10,12-18,26-27H,6-7,11,19-21H2,1-5H3,(H,33,37)/t26-,27+,32-/m0/s1. The second-order valence-electron chi connectivity index (χ2n) is 11.5. The second kappa shape index (κ2) is 12.3. The molecule has 2 aromatic rings. The van der Waals surface area contributed by atoms with E-state index in [0.29, 0.717) is 6.42 Å². The van der Waals surface area contributed by atoms with E-state index in [1.807, 2.05) is 57.2 Å². The minimum absolute atomic E-state index is 0.129. The number of benzene rings is 2. The van der Waals surface area contributed by atoms with E-state index in [4.69, 9.17) is 14.2 Å². The quantitative estimate of drug-likeness (QED) is 0.512. The number of alkyl carbamates (subject to hydrolysis) is 1. The first-order valence-electron chi connectivity index (χ1n) is 13.8. The zero-order valence-corrected chi connectivity index (χ0v) is 24.1. The van der Waals surface area contributed by atoms with Gasteiger partial charge in [-0.15, -0.1) is 0 Å². The Kier molecular flexibility index (Phi) is 8.98. The molecule has 0 spiro atoms. The van der Waals surface area contributed by atoms with Crippen LogP contribution in [0.3, 0.4) is 0 Å². The van der Waals surface area contributed by atoms with Crippen molar-refractivity contribution >= 4 is 24.0 Å². The number of rotatable bonds is 2. The lowest BCUT2D eigenvalue weighted by molar-refractivity contribution is -0.152. The summed E-state index contributed by atoms with van der Waals surface area (Å²) in [5.41, 5.74) is 2.55. The van der Waals surface area contributed by atoms with Gasteiger partial charge in [0.25, 0.3) is 0 Å². The summed E-state index contributed by atoms with van der Waals surface area (Å²) in [5, 5.41) is 2.77. The van der Waals surface area contributed by atoms with Crippen molar-refractivity contribution in [1.82, 2.24) is 10.2 Å². The van der Waals surface area contributed by atoms with Gasteiger partial charge in [0.15, 0.2) is 0 Å². The van der Waals surface area contributed by atoms with E-state index in [-0.39, 0.29) is 25.5 Å². The summed E-state index contributed by atoms with van der Waals surface area (Å²) in [5.74, 6) is -0.915. The van der Waals surface area contributed by atoms with Crippen LogP contribution in [0.4, 0.5) is 4.79 Å². The third-order valence-corrected chi connectivity index (χ3v) is 7.83. The third kappa shape index (κ3) is 6.22. The van der Waals surface area contributed by atoms with E-state index in [0.717, 1.165) is 35.1 Å². The van der Waals surface area contributed by atoms with Gasteiger partial charge in [0.1, 0.15) is 17.7 Å². The summed E-state index contributed by atoms with van der Waals surface area (Å²) in [6.07, 6.45) is 6.23. The summed E-state index contributed by atoms with van der Waals surface area (Å²) in [6.45, 7) is 5.97. The molecule has 3 heterocycles. The lowest BCUT2D eigenvalue weighted by Gasteiger charge is -2.35. The maximum absolute atomic E-state index is 14.0. The molecule has 0 saturated carbocycles. The lowest BCUT2D eigenvalue weighted by Crippen LogP contribution is -2.57. The van der Waals surface area contributed by atoms with Crippen molar-refractivity contribution in [3.63, 3.8) is 0 Å². The van der Waals surface area contributed by atoms with E-state index in [1.54, 1.807) is 7.11 Å². The molecule has 4 bridgehead atoms. The monoisotopic (exact) mass is 548 g/mol. The highest BCUT2D eigenvalue weighted by molar-refractivity contribution is 5.91. The minimum atomic E-state index is -0.934. The number of hydrogen-bond donors (Lipinski definition) is 1. The van der Waals surface area contributed by atoms with Crippen molar-refractivity contribution in [2.75, 3.05) is 27.4 Å². The number of nitrogens with zero attached hydrogens (tertiary/aromatic N) is 1. The zero-order chi connectivity index (χ0) is 28.9. The number of esters is 1. The van der Waals surface area contributed by atoms with Crippen molar-refractivity contribution in [1.29, 1.82) is 0 Å². The number of nitrogens with one attached hydrogen (secondary N) is 1. The number of carbonyl (C=O) groups excluding carboxylic acids is 3. The summed E-state index contributed by atoms with van der Waals surface area (Å²) in [6, 6.07) is 14.5. The van der Waals surface area contributed by atoms with Crippen LogP contribution >= 0.6 is 0 Å². The molecule has 3 atom stereocenters. The maximum atomic E-state index is 14.0. The average molecular weight is 549 g/mol. The van der Waals surface area contributed by atoms with E-state index >= 15 is 0 Å². The Morgan fingerprint density at radius 3 is 2.45 bits per heavy atom. The zero-order valence-electron chi connectivity index (χ0n) is 24.1. The molecule has 0 aromatic heterocycles. The molecular formula is C32H40N2O6. The van der Waals surface area contributed by atoms with Gasteiger partial charge in [0, 0.05) is 13.5 Å². The van der Waals surface area contributed by atoms with Crippen molar-refractivity contribution in [2.45, 2.75) is 64.1 Å². The van der Waals surface area contributed by atoms with Crippen molar-refractivity contribution in [3.8, 4) is 11.1 Å². The van der Waals surface area contributed by atoms with Crippen LogP contribution in [0.5, 0.6) is 0 Å². The Morgan fingerprint density at radius 1 is 1.05 bits per heavy atom. The van der Waals surface area contributed by atoms with Gasteiger partial charge >= 0.3 is 12.1 Å². The highest BCUT2D eigenvalue weighted by atomic mass is 16.5. The molecule has 8 heteroatoms. The topological polar surface area (TPSA) is 94.2 Å². The molecule has 3 aliphatic rings. The molecule has 5 rings (SSSR count). The van der Waals surface area contributed by atoms with Crippen LogP contribution in [0.25, 0.3) is 17.2 Å². The molecular weight excluding hydrogens is 508 g/mol. The second-order valence-corrected chi connectivity index (χ2v) is 11.5. The molecule has 2 amide bonds. The fourth-order valence-corrected chi connectivity index (χ4v) is 5.50. The third-order valence-electron chi connectivity index (χ3n) is 7.83. The minimum Gasteiger partial charge on any atom is -0.467 e. The van der Waals surface area contributed by atoms with Crippen LogP contribution in [-0.4, -0.2) is 62.3 Å². The van der Waals surface area contributed by atoms with Gasteiger partial charge in [0.05, 0.1) is 20.3 Å². The Labute approximate surface area is 236 Å². The Balaban J connectivity index is 1.78. The normalized spacial score (nSPS) is 24.2. The van der Waals surface area contributed by atoms with Crippen LogP contribution in [0.1, 0.15) is 57.6 Å². The van der Waals surface area contributed by atoms with Gasteiger partial charge < -0.3 is 24.4 Å². The van der Waals surface area contributed by atoms with Crippen molar-refractivity contribution in [2.24, 2.45) is 5.41 Å². The van der Waals surface area contributed by atoms with Gasteiger partial charge in [0.2, 0.25) is 5.91 Å². The summed E-state index contributed by atoms with van der Waals surface area (Å²) >= 11 is 0. The summed E-state index contributed by atoms with van der Waals surface area (Å²) in [4.78, 5) is 41.2. The predicted octanol–water partition coefficient (Wildman–Crippen LogP) is 5.31. The molecule has 0 aliphatic carbocycles. The van der Waals surface area contributed by atoms with Gasteiger partial charge in [-0.1, -0.05) is 81.5 Å². The van der Waals surface area contributed by atoms with Gasteiger partial charge in [-0.25, -0.2) is 9.59 Å². The fourth-order valence-electron chi connectivity index (χ4n) is 5.50. The summed E-state index contributed by atoms with van der Waals surface area (Å²) < 4.78 is 16.6. The molecule has 1 N–H and O–H groups in total. The highest BCUT2D eigenvalue weighted by Gasteiger charge is 2.53. The number of allylic oxidation sites excluding steroid dienone is 1. The molecule has 3 aliphatic heterocycles.